The van der Waals surface area contributed by atoms with Gasteiger partial charge in [-0.2, -0.15) is 0 Å². The molecule has 0 saturated carbocycles. The first-order chi connectivity index (χ1) is 9.56. The van der Waals surface area contributed by atoms with E-state index >= 15 is 0 Å². The number of methoxy groups -OCH3 is 2. The van der Waals surface area contributed by atoms with Gasteiger partial charge in [-0.05, 0) is 17.7 Å². The van der Waals surface area contributed by atoms with Crippen molar-refractivity contribution in [2.45, 2.75) is 6.61 Å². The van der Waals surface area contributed by atoms with Gasteiger partial charge in [0.1, 0.15) is 11.4 Å². The minimum absolute atomic E-state index is 0.250. The van der Waals surface area contributed by atoms with Crippen LogP contribution >= 0.6 is 11.6 Å². The van der Waals surface area contributed by atoms with Crippen LogP contribution in [0, 0.1) is 0 Å². The Hall–Kier alpha value is -2.05. The third kappa shape index (κ3) is 2.76. The van der Waals surface area contributed by atoms with Crippen LogP contribution in [0.2, 0.25) is 5.02 Å². The summed E-state index contributed by atoms with van der Waals surface area (Å²) in [4.78, 5) is 10.9. The van der Waals surface area contributed by atoms with Gasteiger partial charge in [0, 0.05) is 18.2 Å². The molecule has 6 nitrogen and oxygen atoms in total. The first-order valence-corrected chi connectivity index (χ1v) is 6.00. The lowest BCUT2D eigenvalue weighted by molar-refractivity contribution is 0.0652. The molecular formula is C13H12ClNO5. The largest absolute Gasteiger partial charge is 0.496 e. The first kappa shape index (κ1) is 14.4. The van der Waals surface area contributed by atoms with Crippen molar-refractivity contribution in [2.75, 3.05) is 14.2 Å². The zero-order chi connectivity index (χ0) is 14.7. The van der Waals surface area contributed by atoms with Gasteiger partial charge in [-0.25, -0.2) is 4.79 Å². The number of carboxylic acid groups (broad SMARTS) is 1. The van der Waals surface area contributed by atoms with Gasteiger partial charge < -0.3 is 19.1 Å². The highest BCUT2D eigenvalue weighted by Gasteiger charge is 2.19. The molecule has 0 aliphatic rings. The second kappa shape index (κ2) is 5.94. The second-order valence-corrected chi connectivity index (χ2v) is 4.39. The van der Waals surface area contributed by atoms with Gasteiger partial charge >= 0.3 is 5.97 Å². The molecule has 0 atom stereocenters. The molecule has 0 fully saturated rings. The number of nitrogens with zero attached hydrogens (tertiary/aromatic N) is 1. The molecule has 20 heavy (non-hydrogen) atoms. The summed E-state index contributed by atoms with van der Waals surface area (Å²) >= 11 is 6.01. The Bertz CT molecular complexity index is 638. The maximum absolute atomic E-state index is 10.9. The van der Waals surface area contributed by atoms with Crippen molar-refractivity contribution >= 4 is 17.6 Å². The van der Waals surface area contributed by atoms with Crippen LogP contribution in [-0.4, -0.2) is 30.5 Å². The Morgan fingerprint density at radius 2 is 2.15 bits per heavy atom. The van der Waals surface area contributed by atoms with E-state index in [0.29, 0.717) is 22.0 Å². The van der Waals surface area contributed by atoms with Crippen molar-refractivity contribution in [1.29, 1.82) is 0 Å². The number of benzene rings is 1. The van der Waals surface area contributed by atoms with Crippen LogP contribution in [0.4, 0.5) is 0 Å². The maximum Gasteiger partial charge on any atom is 0.374 e. The van der Waals surface area contributed by atoms with Crippen molar-refractivity contribution in [3.8, 4) is 17.0 Å². The minimum Gasteiger partial charge on any atom is -0.496 e. The molecule has 1 N–H and O–H groups in total. The molecule has 2 rings (SSSR count). The molecular weight excluding hydrogens is 286 g/mol. The molecule has 7 heteroatoms. The number of ether oxygens (including phenoxy) is 2. The van der Waals surface area contributed by atoms with Gasteiger partial charge in [0.05, 0.1) is 19.3 Å². The Morgan fingerprint density at radius 1 is 1.40 bits per heavy atom. The summed E-state index contributed by atoms with van der Waals surface area (Å²) in [6.07, 6.45) is 0. The Kier molecular flexibility index (Phi) is 4.26. The average Bonchev–Trinajstić information content (AvgIpc) is 2.87. The molecule has 0 spiro atoms. The fourth-order valence-electron chi connectivity index (χ4n) is 1.85. The van der Waals surface area contributed by atoms with Crippen LogP contribution < -0.4 is 4.74 Å². The quantitative estimate of drug-likeness (QED) is 0.914. The number of hydrogen-bond acceptors (Lipinski definition) is 5. The first-order valence-electron chi connectivity index (χ1n) is 5.62. The number of rotatable bonds is 5. The number of aromatic carboxylic acids is 1. The Labute approximate surface area is 119 Å². The van der Waals surface area contributed by atoms with Crippen LogP contribution in [0.3, 0.4) is 0 Å². The fourth-order valence-corrected chi connectivity index (χ4v) is 2.08. The van der Waals surface area contributed by atoms with Crippen LogP contribution in [0.25, 0.3) is 11.3 Å². The van der Waals surface area contributed by atoms with E-state index in [1.165, 1.54) is 13.2 Å². The minimum atomic E-state index is -1.19. The highest BCUT2D eigenvalue weighted by Crippen LogP contribution is 2.36. The molecule has 0 saturated heterocycles. The van der Waals surface area contributed by atoms with E-state index in [2.05, 4.69) is 5.16 Å². The van der Waals surface area contributed by atoms with Crippen molar-refractivity contribution in [2.24, 2.45) is 0 Å². The molecule has 0 amide bonds. The van der Waals surface area contributed by atoms with E-state index in [4.69, 9.17) is 30.7 Å². The van der Waals surface area contributed by atoms with Gasteiger partial charge in [0.25, 0.3) is 0 Å². The average molecular weight is 298 g/mol. The maximum atomic E-state index is 10.9. The summed E-state index contributed by atoms with van der Waals surface area (Å²) in [6, 6.07) is 4.65. The molecule has 106 valence electrons. The molecule has 1 heterocycles. The summed E-state index contributed by atoms with van der Waals surface area (Å²) in [5, 5.41) is 13.1. The number of halogens is 1. The lowest BCUT2D eigenvalue weighted by atomic mass is 10.0. The third-order valence-corrected chi connectivity index (χ3v) is 2.86. The molecule has 0 unspecified atom stereocenters. The van der Waals surface area contributed by atoms with E-state index in [1.54, 1.807) is 19.2 Å². The Morgan fingerprint density at radius 3 is 2.70 bits per heavy atom. The zero-order valence-corrected chi connectivity index (χ0v) is 11.6. The normalized spacial score (nSPS) is 10.6. The van der Waals surface area contributed by atoms with E-state index in [9.17, 15) is 4.79 Å². The number of aromatic nitrogens is 1. The highest BCUT2D eigenvalue weighted by atomic mass is 35.5. The number of carbonyl (C=O) groups is 1. The molecule has 0 aliphatic heterocycles. The summed E-state index contributed by atoms with van der Waals surface area (Å²) in [5.74, 6) is -0.972. The lowest BCUT2D eigenvalue weighted by Gasteiger charge is -2.12. The summed E-state index contributed by atoms with van der Waals surface area (Å²) < 4.78 is 15.1. The van der Waals surface area contributed by atoms with Crippen LogP contribution in [0.5, 0.6) is 5.75 Å². The van der Waals surface area contributed by atoms with E-state index in [-0.39, 0.29) is 12.4 Å². The van der Waals surface area contributed by atoms with Gasteiger partial charge in [-0.15, -0.1) is 0 Å². The molecule has 0 bridgehead atoms. The van der Waals surface area contributed by atoms with Crippen molar-refractivity contribution < 1.29 is 23.9 Å². The standard InChI is InChI=1S/C13H12ClNO5/c1-18-6-7-3-8(14)4-10(19-2)12(7)9-5-11(13(16)17)20-15-9/h3-5H,6H2,1-2H3,(H,16,17). The smallest absolute Gasteiger partial charge is 0.374 e. The van der Waals surface area contributed by atoms with E-state index in [1.807, 2.05) is 0 Å². The monoisotopic (exact) mass is 297 g/mol. The van der Waals surface area contributed by atoms with Gasteiger partial charge in [0.15, 0.2) is 0 Å². The van der Waals surface area contributed by atoms with Crippen LogP contribution in [0.1, 0.15) is 16.1 Å². The number of hydrogen-bond donors (Lipinski definition) is 1. The summed E-state index contributed by atoms with van der Waals surface area (Å²) in [5.41, 5.74) is 1.67. The molecule has 2 aromatic rings. The van der Waals surface area contributed by atoms with Gasteiger partial charge in [-0.3, -0.25) is 0 Å². The van der Waals surface area contributed by atoms with Crippen molar-refractivity contribution in [1.82, 2.24) is 5.16 Å². The predicted octanol–water partition coefficient (Wildman–Crippen LogP) is 2.85. The predicted molar refractivity (Wildman–Crippen MR) is 71.2 cm³/mol. The SMILES string of the molecule is COCc1cc(Cl)cc(OC)c1-c1cc(C(=O)O)on1. The molecule has 1 aromatic heterocycles. The van der Waals surface area contributed by atoms with Crippen LogP contribution in [0.15, 0.2) is 22.7 Å². The fraction of sp³-hybridized carbons (Fsp3) is 0.231. The Balaban J connectivity index is 2.59. The van der Waals surface area contributed by atoms with Crippen molar-refractivity contribution in [3.63, 3.8) is 0 Å². The second-order valence-electron chi connectivity index (χ2n) is 3.96. The molecule has 1 aromatic carbocycles. The van der Waals surface area contributed by atoms with E-state index in [0.717, 1.165) is 5.56 Å². The zero-order valence-electron chi connectivity index (χ0n) is 10.8. The van der Waals surface area contributed by atoms with Crippen LogP contribution in [-0.2, 0) is 11.3 Å². The third-order valence-electron chi connectivity index (χ3n) is 2.65. The molecule has 0 aliphatic carbocycles. The summed E-state index contributed by atoms with van der Waals surface area (Å²) in [7, 11) is 3.03. The van der Waals surface area contributed by atoms with Gasteiger partial charge in [-0.1, -0.05) is 16.8 Å². The van der Waals surface area contributed by atoms with Crippen molar-refractivity contribution in [3.05, 3.63) is 34.5 Å². The highest BCUT2D eigenvalue weighted by molar-refractivity contribution is 6.31. The number of carboxylic acids is 1. The molecule has 0 radical (unpaired) electrons. The lowest BCUT2D eigenvalue weighted by Crippen LogP contribution is -1.97. The topological polar surface area (TPSA) is 81.8 Å². The van der Waals surface area contributed by atoms with Gasteiger partial charge in [0.2, 0.25) is 5.76 Å². The summed E-state index contributed by atoms with van der Waals surface area (Å²) in [6.45, 7) is 0.279. The van der Waals surface area contributed by atoms with E-state index < -0.39 is 5.97 Å².